The Labute approximate surface area is 171 Å². The first-order chi connectivity index (χ1) is 14.0. The summed E-state index contributed by atoms with van der Waals surface area (Å²) in [6.07, 6.45) is 0.103. The standard InChI is InChI=1S/C21H19N5O2S/c1-13-7-9-15(10-8-13)19-14(2)29-21(23-19)22-18(27)11-12-26-20(28)16-5-3-4-6-17(16)24-25-26/h3-10H,11-12H2,1-2H3,(H,22,23,27). The van der Waals surface area contributed by atoms with Crippen LogP contribution < -0.4 is 10.9 Å². The molecule has 2 aromatic heterocycles. The van der Waals surface area contributed by atoms with E-state index in [4.69, 9.17) is 0 Å². The quantitative estimate of drug-likeness (QED) is 0.548. The Balaban J connectivity index is 1.44. The highest BCUT2D eigenvalue weighted by molar-refractivity contribution is 7.16. The smallest absolute Gasteiger partial charge is 0.277 e. The second kappa shape index (κ2) is 7.92. The number of hydrogen-bond acceptors (Lipinski definition) is 6. The third kappa shape index (κ3) is 4.07. The van der Waals surface area contributed by atoms with Gasteiger partial charge < -0.3 is 5.32 Å². The summed E-state index contributed by atoms with van der Waals surface area (Å²) in [7, 11) is 0. The zero-order valence-electron chi connectivity index (χ0n) is 16.0. The van der Waals surface area contributed by atoms with E-state index in [0.29, 0.717) is 16.0 Å². The fourth-order valence-electron chi connectivity index (χ4n) is 2.99. The van der Waals surface area contributed by atoms with Crippen LogP contribution in [0.2, 0.25) is 0 Å². The third-order valence-electron chi connectivity index (χ3n) is 4.55. The summed E-state index contributed by atoms with van der Waals surface area (Å²) in [5, 5.41) is 11.8. The van der Waals surface area contributed by atoms with Crippen LogP contribution in [0.5, 0.6) is 0 Å². The Hall–Kier alpha value is -3.39. The lowest BCUT2D eigenvalue weighted by Gasteiger charge is -2.05. The highest BCUT2D eigenvalue weighted by Gasteiger charge is 2.13. The van der Waals surface area contributed by atoms with Crippen molar-refractivity contribution in [1.29, 1.82) is 0 Å². The number of carbonyl (C=O) groups is 1. The summed E-state index contributed by atoms with van der Waals surface area (Å²) in [6.45, 7) is 4.17. The van der Waals surface area contributed by atoms with Gasteiger partial charge in [0.05, 0.1) is 17.6 Å². The van der Waals surface area contributed by atoms with Crippen molar-refractivity contribution < 1.29 is 4.79 Å². The molecule has 0 aliphatic heterocycles. The highest BCUT2D eigenvalue weighted by atomic mass is 32.1. The number of aromatic nitrogens is 4. The Morgan fingerprint density at radius 1 is 1.10 bits per heavy atom. The van der Waals surface area contributed by atoms with Gasteiger partial charge in [0, 0.05) is 16.9 Å². The average molecular weight is 405 g/mol. The molecule has 0 fully saturated rings. The molecule has 8 heteroatoms. The predicted octanol–water partition coefficient (Wildman–Crippen LogP) is 3.56. The SMILES string of the molecule is Cc1ccc(-c2nc(NC(=O)CCn3nnc4ccccc4c3=O)sc2C)cc1. The lowest BCUT2D eigenvalue weighted by Crippen LogP contribution is -2.26. The lowest BCUT2D eigenvalue weighted by molar-refractivity contribution is -0.116. The number of benzene rings is 2. The fourth-order valence-corrected chi connectivity index (χ4v) is 3.84. The Morgan fingerprint density at radius 2 is 1.86 bits per heavy atom. The molecule has 0 saturated carbocycles. The first-order valence-corrected chi connectivity index (χ1v) is 10.00. The minimum Gasteiger partial charge on any atom is -0.302 e. The van der Waals surface area contributed by atoms with Gasteiger partial charge in [0.15, 0.2) is 5.13 Å². The van der Waals surface area contributed by atoms with Crippen LogP contribution in [0.25, 0.3) is 22.2 Å². The van der Waals surface area contributed by atoms with Crippen LogP contribution in [0, 0.1) is 13.8 Å². The molecule has 0 radical (unpaired) electrons. The number of anilines is 1. The van der Waals surface area contributed by atoms with E-state index in [1.807, 2.05) is 38.1 Å². The molecule has 0 spiro atoms. The minimum atomic E-state index is -0.254. The van der Waals surface area contributed by atoms with Gasteiger partial charge in [0.2, 0.25) is 5.91 Å². The number of fused-ring (bicyclic) bond motifs is 1. The van der Waals surface area contributed by atoms with Gasteiger partial charge in [-0.05, 0) is 26.0 Å². The van der Waals surface area contributed by atoms with E-state index in [-0.39, 0.29) is 24.4 Å². The van der Waals surface area contributed by atoms with Crippen molar-refractivity contribution in [2.45, 2.75) is 26.8 Å². The lowest BCUT2D eigenvalue weighted by atomic mass is 10.1. The van der Waals surface area contributed by atoms with Gasteiger partial charge in [-0.2, -0.15) is 0 Å². The molecule has 0 atom stereocenters. The Bertz CT molecular complexity index is 1240. The summed E-state index contributed by atoms with van der Waals surface area (Å²) in [6, 6.07) is 15.1. The maximum absolute atomic E-state index is 12.4. The molecule has 29 heavy (non-hydrogen) atoms. The molecule has 2 aromatic carbocycles. The van der Waals surface area contributed by atoms with Gasteiger partial charge in [0.25, 0.3) is 5.56 Å². The molecule has 0 bridgehead atoms. The summed E-state index contributed by atoms with van der Waals surface area (Å²) in [5.74, 6) is -0.226. The van der Waals surface area contributed by atoms with Crippen LogP contribution in [-0.4, -0.2) is 25.9 Å². The first-order valence-electron chi connectivity index (χ1n) is 9.18. The summed E-state index contributed by atoms with van der Waals surface area (Å²) >= 11 is 1.43. The normalized spacial score (nSPS) is 11.0. The molecule has 0 unspecified atom stereocenters. The zero-order chi connectivity index (χ0) is 20.4. The predicted molar refractivity (Wildman–Crippen MR) is 114 cm³/mol. The van der Waals surface area contributed by atoms with Crippen LogP contribution in [0.4, 0.5) is 5.13 Å². The summed E-state index contributed by atoms with van der Waals surface area (Å²) < 4.78 is 1.22. The minimum absolute atomic E-state index is 0.103. The van der Waals surface area contributed by atoms with Crippen molar-refractivity contribution in [3.63, 3.8) is 0 Å². The second-order valence-corrected chi connectivity index (χ2v) is 7.93. The number of hydrogen-bond donors (Lipinski definition) is 1. The number of carbonyl (C=O) groups excluding carboxylic acids is 1. The molecule has 7 nitrogen and oxygen atoms in total. The van der Waals surface area contributed by atoms with E-state index in [0.717, 1.165) is 16.1 Å². The van der Waals surface area contributed by atoms with Crippen LogP contribution in [-0.2, 0) is 11.3 Å². The van der Waals surface area contributed by atoms with Gasteiger partial charge in [-0.25, -0.2) is 9.67 Å². The van der Waals surface area contributed by atoms with E-state index in [9.17, 15) is 9.59 Å². The zero-order valence-corrected chi connectivity index (χ0v) is 16.9. The van der Waals surface area contributed by atoms with E-state index < -0.39 is 0 Å². The van der Waals surface area contributed by atoms with Gasteiger partial charge >= 0.3 is 0 Å². The molecule has 0 aliphatic carbocycles. The first kappa shape index (κ1) is 18.9. The number of rotatable bonds is 5. The summed E-state index contributed by atoms with van der Waals surface area (Å²) in [4.78, 5) is 30.4. The number of thiazole rings is 1. The molecular weight excluding hydrogens is 386 g/mol. The maximum atomic E-state index is 12.4. The van der Waals surface area contributed by atoms with Crippen molar-refractivity contribution in [3.05, 3.63) is 69.3 Å². The maximum Gasteiger partial charge on any atom is 0.277 e. The highest BCUT2D eigenvalue weighted by Crippen LogP contribution is 2.30. The van der Waals surface area contributed by atoms with Crippen LogP contribution in [0.15, 0.2) is 53.3 Å². The summed E-state index contributed by atoms with van der Waals surface area (Å²) in [5.41, 5.74) is 3.35. The molecule has 4 rings (SSSR count). The fraction of sp³-hybridized carbons (Fsp3) is 0.190. The second-order valence-electron chi connectivity index (χ2n) is 6.72. The Morgan fingerprint density at radius 3 is 2.66 bits per heavy atom. The van der Waals surface area contributed by atoms with Crippen molar-refractivity contribution in [1.82, 2.24) is 20.0 Å². The van der Waals surface area contributed by atoms with Gasteiger partial charge in [-0.15, -0.1) is 16.4 Å². The van der Waals surface area contributed by atoms with Gasteiger partial charge in [0.1, 0.15) is 5.52 Å². The van der Waals surface area contributed by atoms with Crippen LogP contribution >= 0.6 is 11.3 Å². The van der Waals surface area contributed by atoms with E-state index in [1.54, 1.807) is 24.3 Å². The topological polar surface area (TPSA) is 89.8 Å². The van der Waals surface area contributed by atoms with Crippen molar-refractivity contribution >= 4 is 33.3 Å². The molecule has 1 N–H and O–H groups in total. The van der Waals surface area contributed by atoms with Crippen molar-refractivity contribution in [2.75, 3.05) is 5.32 Å². The Kier molecular flexibility index (Phi) is 5.18. The molecule has 0 saturated heterocycles. The number of amides is 1. The van der Waals surface area contributed by atoms with Gasteiger partial charge in [-0.3, -0.25) is 9.59 Å². The molecular formula is C21H19N5O2S. The van der Waals surface area contributed by atoms with Crippen LogP contribution in [0.3, 0.4) is 0 Å². The average Bonchev–Trinajstić information content (AvgIpc) is 3.08. The third-order valence-corrected chi connectivity index (χ3v) is 5.43. The molecule has 0 aliphatic rings. The van der Waals surface area contributed by atoms with Gasteiger partial charge in [-0.1, -0.05) is 47.2 Å². The van der Waals surface area contributed by atoms with Crippen molar-refractivity contribution in [2.24, 2.45) is 0 Å². The number of aryl methyl sites for hydroxylation is 3. The van der Waals surface area contributed by atoms with E-state index in [1.165, 1.54) is 21.6 Å². The largest absolute Gasteiger partial charge is 0.302 e. The van der Waals surface area contributed by atoms with E-state index in [2.05, 4.69) is 20.6 Å². The number of nitrogens with one attached hydrogen (secondary N) is 1. The molecule has 4 aromatic rings. The van der Waals surface area contributed by atoms with Crippen LogP contribution in [0.1, 0.15) is 16.9 Å². The molecule has 146 valence electrons. The monoisotopic (exact) mass is 405 g/mol. The van der Waals surface area contributed by atoms with Crippen molar-refractivity contribution in [3.8, 4) is 11.3 Å². The molecule has 1 amide bonds. The number of nitrogens with zero attached hydrogens (tertiary/aromatic N) is 4. The van der Waals surface area contributed by atoms with E-state index >= 15 is 0 Å². The molecule has 2 heterocycles.